The standard InChI is InChI=1S/C22H29NO3/c1-14(2)18-7-6-8-19(15(3)4)22(18)23-20-10-9-17(13-21(20)25)11-12-26-16(5)24/h6-10,13-15,23,25H,11-12H2,1-5H3. The zero-order valence-electron chi connectivity index (χ0n) is 16.3. The number of hydrogen-bond donors (Lipinski definition) is 2. The van der Waals surface area contributed by atoms with E-state index in [1.807, 2.05) is 12.1 Å². The smallest absolute Gasteiger partial charge is 0.302 e. The molecular formula is C22H29NO3. The van der Waals surface area contributed by atoms with Crippen molar-refractivity contribution in [3.63, 3.8) is 0 Å². The highest BCUT2D eigenvalue weighted by atomic mass is 16.5. The molecule has 0 aromatic heterocycles. The first-order chi connectivity index (χ1) is 12.3. The molecule has 0 saturated carbocycles. The lowest BCUT2D eigenvalue weighted by molar-refractivity contribution is -0.140. The zero-order valence-corrected chi connectivity index (χ0v) is 16.3. The Balaban J connectivity index is 2.27. The summed E-state index contributed by atoms with van der Waals surface area (Å²) in [5, 5.41) is 13.9. The van der Waals surface area contributed by atoms with Crippen molar-refractivity contribution >= 4 is 17.3 Å². The quantitative estimate of drug-likeness (QED) is 0.509. The Morgan fingerprint density at radius 1 is 1.08 bits per heavy atom. The summed E-state index contributed by atoms with van der Waals surface area (Å²) < 4.78 is 4.96. The first kappa shape index (κ1) is 19.8. The SMILES string of the molecule is CC(=O)OCCc1ccc(Nc2c(C(C)C)cccc2C(C)C)c(O)c1. The summed E-state index contributed by atoms with van der Waals surface area (Å²) in [6.07, 6.45) is 0.577. The first-order valence-electron chi connectivity index (χ1n) is 9.14. The van der Waals surface area contributed by atoms with E-state index in [0.29, 0.717) is 30.6 Å². The van der Waals surface area contributed by atoms with E-state index in [1.54, 1.807) is 6.07 Å². The number of para-hydroxylation sites is 1. The van der Waals surface area contributed by atoms with E-state index < -0.39 is 0 Å². The van der Waals surface area contributed by atoms with E-state index in [2.05, 4.69) is 51.2 Å². The Morgan fingerprint density at radius 3 is 2.19 bits per heavy atom. The van der Waals surface area contributed by atoms with Crippen LogP contribution in [0.2, 0.25) is 0 Å². The molecule has 2 aromatic rings. The number of phenols is 1. The Kier molecular flexibility index (Phi) is 6.67. The number of ether oxygens (including phenoxy) is 1. The van der Waals surface area contributed by atoms with Gasteiger partial charge in [-0.1, -0.05) is 52.0 Å². The van der Waals surface area contributed by atoms with Gasteiger partial charge >= 0.3 is 5.97 Å². The summed E-state index contributed by atoms with van der Waals surface area (Å²) in [6.45, 7) is 10.4. The molecule has 0 aliphatic rings. The molecule has 0 heterocycles. The number of rotatable bonds is 7. The van der Waals surface area contributed by atoms with Crippen molar-refractivity contribution in [1.29, 1.82) is 0 Å². The summed E-state index contributed by atoms with van der Waals surface area (Å²) in [5.74, 6) is 0.653. The van der Waals surface area contributed by atoms with Crippen LogP contribution in [0, 0.1) is 0 Å². The predicted octanol–water partition coefficient (Wildman–Crippen LogP) is 5.49. The van der Waals surface area contributed by atoms with Gasteiger partial charge < -0.3 is 15.2 Å². The number of anilines is 2. The second-order valence-electron chi connectivity index (χ2n) is 7.19. The number of phenolic OH excluding ortho intramolecular Hbond substituents is 1. The predicted molar refractivity (Wildman–Crippen MR) is 106 cm³/mol. The minimum atomic E-state index is -0.293. The number of benzene rings is 2. The second-order valence-corrected chi connectivity index (χ2v) is 7.19. The molecule has 0 unspecified atom stereocenters. The van der Waals surface area contributed by atoms with Crippen molar-refractivity contribution in [3.8, 4) is 5.75 Å². The molecule has 2 rings (SSSR count). The fourth-order valence-corrected chi connectivity index (χ4v) is 2.98. The van der Waals surface area contributed by atoms with Crippen LogP contribution in [-0.2, 0) is 16.0 Å². The molecule has 26 heavy (non-hydrogen) atoms. The third-order valence-electron chi connectivity index (χ3n) is 4.39. The molecule has 0 radical (unpaired) electrons. The maximum absolute atomic E-state index is 10.9. The lowest BCUT2D eigenvalue weighted by Gasteiger charge is -2.21. The topological polar surface area (TPSA) is 58.6 Å². The number of carbonyl (C=O) groups is 1. The van der Waals surface area contributed by atoms with E-state index >= 15 is 0 Å². The molecule has 0 atom stereocenters. The summed E-state index contributed by atoms with van der Waals surface area (Å²) in [5.41, 5.74) is 5.14. The highest BCUT2D eigenvalue weighted by Crippen LogP contribution is 2.37. The molecule has 0 aliphatic carbocycles. The Bertz CT molecular complexity index is 740. The minimum Gasteiger partial charge on any atom is -0.506 e. The summed E-state index contributed by atoms with van der Waals surface area (Å²) in [6, 6.07) is 11.9. The lowest BCUT2D eigenvalue weighted by atomic mass is 9.92. The van der Waals surface area contributed by atoms with Crippen LogP contribution in [0.15, 0.2) is 36.4 Å². The minimum absolute atomic E-state index is 0.193. The highest BCUT2D eigenvalue weighted by molar-refractivity contribution is 5.72. The van der Waals surface area contributed by atoms with Gasteiger partial charge in [-0.05, 0) is 40.7 Å². The highest BCUT2D eigenvalue weighted by Gasteiger charge is 2.15. The fourth-order valence-electron chi connectivity index (χ4n) is 2.98. The molecule has 2 N–H and O–H groups in total. The van der Waals surface area contributed by atoms with Crippen LogP contribution in [0.3, 0.4) is 0 Å². The van der Waals surface area contributed by atoms with Gasteiger partial charge in [0.2, 0.25) is 0 Å². The van der Waals surface area contributed by atoms with E-state index in [0.717, 1.165) is 11.3 Å². The molecule has 4 nitrogen and oxygen atoms in total. The number of esters is 1. The van der Waals surface area contributed by atoms with Crippen molar-refractivity contribution < 1.29 is 14.6 Å². The number of carbonyl (C=O) groups excluding carboxylic acids is 1. The van der Waals surface area contributed by atoms with Gasteiger partial charge in [-0.25, -0.2) is 0 Å². The van der Waals surface area contributed by atoms with Gasteiger partial charge in [0.1, 0.15) is 5.75 Å². The van der Waals surface area contributed by atoms with Crippen LogP contribution < -0.4 is 5.32 Å². The Labute approximate surface area is 156 Å². The van der Waals surface area contributed by atoms with Crippen molar-refractivity contribution in [2.75, 3.05) is 11.9 Å². The van der Waals surface area contributed by atoms with Crippen LogP contribution in [-0.4, -0.2) is 17.7 Å². The van der Waals surface area contributed by atoms with Gasteiger partial charge in [0.25, 0.3) is 0 Å². The molecule has 4 heteroatoms. The molecular weight excluding hydrogens is 326 g/mol. The Morgan fingerprint density at radius 2 is 1.69 bits per heavy atom. The van der Waals surface area contributed by atoms with Gasteiger partial charge in [0.15, 0.2) is 0 Å². The third-order valence-corrected chi connectivity index (χ3v) is 4.39. The van der Waals surface area contributed by atoms with Crippen LogP contribution in [0.25, 0.3) is 0 Å². The average Bonchev–Trinajstić information content (AvgIpc) is 2.56. The van der Waals surface area contributed by atoms with E-state index in [4.69, 9.17) is 4.74 Å². The zero-order chi connectivity index (χ0) is 19.3. The summed E-state index contributed by atoms with van der Waals surface area (Å²) in [7, 11) is 0. The lowest BCUT2D eigenvalue weighted by Crippen LogP contribution is -2.05. The van der Waals surface area contributed by atoms with Gasteiger partial charge in [-0.15, -0.1) is 0 Å². The molecule has 0 amide bonds. The van der Waals surface area contributed by atoms with Crippen LogP contribution in [0.5, 0.6) is 5.75 Å². The van der Waals surface area contributed by atoms with Crippen molar-refractivity contribution in [1.82, 2.24) is 0 Å². The summed E-state index contributed by atoms with van der Waals surface area (Å²) in [4.78, 5) is 10.9. The maximum atomic E-state index is 10.9. The molecule has 2 aromatic carbocycles. The molecule has 0 bridgehead atoms. The van der Waals surface area contributed by atoms with Gasteiger partial charge in [0.05, 0.1) is 12.3 Å². The number of aromatic hydroxyl groups is 1. The molecule has 0 spiro atoms. The van der Waals surface area contributed by atoms with Crippen LogP contribution in [0.4, 0.5) is 11.4 Å². The monoisotopic (exact) mass is 355 g/mol. The molecule has 0 fully saturated rings. The Hall–Kier alpha value is -2.49. The van der Waals surface area contributed by atoms with Crippen molar-refractivity contribution in [3.05, 3.63) is 53.1 Å². The van der Waals surface area contributed by atoms with Crippen molar-refractivity contribution in [2.45, 2.75) is 52.9 Å². The van der Waals surface area contributed by atoms with Gasteiger partial charge in [-0.3, -0.25) is 4.79 Å². The van der Waals surface area contributed by atoms with Crippen LogP contribution in [0.1, 0.15) is 63.1 Å². The maximum Gasteiger partial charge on any atom is 0.302 e. The van der Waals surface area contributed by atoms with E-state index in [-0.39, 0.29) is 11.7 Å². The van der Waals surface area contributed by atoms with E-state index in [1.165, 1.54) is 18.1 Å². The molecule has 0 saturated heterocycles. The fraction of sp³-hybridized carbons (Fsp3) is 0.409. The summed E-state index contributed by atoms with van der Waals surface area (Å²) >= 11 is 0. The first-order valence-corrected chi connectivity index (χ1v) is 9.14. The largest absolute Gasteiger partial charge is 0.506 e. The van der Waals surface area contributed by atoms with Gasteiger partial charge in [0, 0.05) is 19.0 Å². The van der Waals surface area contributed by atoms with Crippen molar-refractivity contribution in [2.24, 2.45) is 0 Å². The van der Waals surface area contributed by atoms with E-state index in [9.17, 15) is 9.90 Å². The number of hydrogen-bond acceptors (Lipinski definition) is 4. The average molecular weight is 355 g/mol. The molecule has 140 valence electrons. The normalized spacial score (nSPS) is 11.0. The second kappa shape index (κ2) is 8.75. The number of nitrogens with one attached hydrogen (secondary N) is 1. The van der Waals surface area contributed by atoms with Crippen LogP contribution >= 0.6 is 0 Å². The molecule has 0 aliphatic heterocycles. The van der Waals surface area contributed by atoms with Gasteiger partial charge in [-0.2, -0.15) is 0 Å². The third kappa shape index (κ3) is 5.01.